The van der Waals surface area contributed by atoms with Crippen molar-refractivity contribution in [2.45, 2.75) is 0 Å². The molecule has 0 amide bonds. The third kappa shape index (κ3) is 2.71. The standard InChI is InChI=1S/C14H15NO3/c1-15-12-5-3-11-8-13(6-4-10(11)7-12)18-9-14(16)17-2/h3-8,15H,9H2,1-2H3. The molecule has 0 radical (unpaired) electrons. The molecule has 2 rings (SSSR count). The molecular formula is C14H15NO3. The van der Waals surface area contributed by atoms with Crippen LogP contribution in [-0.4, -0.2) is 26.7 Å². The van der Waals surface area contributed by atoms with Crippen molar-refractivity contribution >= 4 is 22.4 Å². The summed E-state index contributed by atoms with van der Waals surface area (Å²) in [5.74, 6) is 0.269. The van der Waals surface area contributed by atoms with Gasteiger partial charge in [0.1, 0.15) is 5.75 Å². The van der Waals surface area contributed by atoms with Crippen LogP contribution in [0.2, 0.25) is 0 Å². The minimum atomic E-state index is -0.388. The lowest BCUT2D eigenvalue weighted by molar-refractivity contribution is -0.142. The SMILES string of the molecule is CNc1ccc2cc(OCC(=O)OC)ccc2c1. The van der Waals surface area contributed by atoms with Gasteiger partial charge in [0.25, 0.3) is 0 Å². The highest BCUT2D eigenvalue weighted by Crippen LogP contribution is 2.23. The Kier molecular flexibility index (Phi) is 3.67. The fourth-order valence-corrected chi connectivity index (χ4v) is 1.67. The molecular weight excluding hydrogens is 230 g/mol. The summed E-state index contributed by atoms with van der Waals surface area (Å²) < 4.78 is 9.85. The van der Waals surface area contributed by atoms with E-state index in [0.717, 1.165) is 16.5 Å². The first-order valence-corrected chi connectivity index (χ1v) is 5.64. The Morgan fingerprint density at radius 2 is 1.89 bits per heavy atom. The zero-order chi connectivity index (χ0) is 13.0. The maximum absolute atomic E-state index is 11.0. The first-order chi connectivity index (χ1) is 8.72. The van der Waals surface area contributed by atoms with E-state index in [1.54, 1.807) is 0 Å². The molecule has 0 saturated heterocycles. The van der Waals surface area contributed by atoms with Gasteiger partial charge in [-0.15, -0.1) is 0 Å². The molecule has 0 aliphatic carbocycles. The highest BCUT2D eigenvalue weighted by atomic mass is 16.6. The summed E-state index contributed by atoms with van der Waals surface area (Å²) in [7, 11) is 3.22. The van der Waals surface area contributed by atoms with E-state index < -0.39 is 0 Å². The zero-order valence-corrected chi connectivity index (χ0v) is 10.4. The molecule has 4 heteroatoms. The number of hydrogen-bond acceptors (Lipinski definition) is 4. The van der Waals surface area contributed by atoms with Gasteiger partial charge in [-0.3, -0.25) is 0 Å². The maximum atomic E-state index is 11.0. The number of methoxy groups -OCH3 is 1. The van der Waals surface area contributed by atoms with Gasteiger partial charge in [-0.1, -0.05) is 12.1 Å². The number of anilines is 1. The lowest BCUT2D eigenvalue weighted by atomic mass is 10.1. The number of nitrogens with one attached hydrogen (secondary N) is 1. The van der Waals surface area contributed by atoms with Crippen molar-refractivity contribution in [2.75, 3.05) is 26.1 Å². The highest BCUT2D eigenvalue weighted by Gasteiger charge is 2.03. The second-order valence-corrected chi connectivity index (χ2v) is 3.84. The molecule has 4 nitrogen and oxygen atoms in total. The van der Waals surface area contributed by atoms with Gasteiger partial charge in [0.05, 0.1) is 7.11 Å². The van der Waals surface area contributed by atoms with Crippen LogP contribution in [0.15, 0.2) is 36.4 Å². The largest absolute Gasteiger partial charge is 0.482 e. The second kappa shape index (κ2) is 5.40. The Morgan fingerprint density at radius 1 is 1.17 bits per heavy atom. The summed E-state index contributed by atoms with van der Waals surface area (Å²) in [5, 5.41) is 5.27. The first kappa shape index (κ1) is 12.2. The molecule has 0 aliphatic rings. The Morgan fingerprint density at radius 3 is 2.61 bits per heavy atom. The first-order valence-electron chi connectivity index (χ1n) is 5.64. The van der Waals surface area contributed by atoms with Crippen molar-refractivity contribution in [1.29, 1.82) is 0 Å². The molecule has 94 valence electrons. The fourth-order valence-electron chi connectivity index (χ4n) is 1.67. The molecule has 0 unspecified atom stereocenters. The summed E-state index contributed by atoms with van der Waals surface area (Å²) in [5.41, 5.74) is 1.06. The van der Waals surface area contributed by atoms with E-state index in [-0.39, 0.29) is 12.6 Å². The van der Waals surface area contributed by atoms with Gasteiger partial charge in [0.15, 0.2) is 6.61 Å². The number of carbonyl (C=O) groups excluding carboxylic acids is 1. The second-order valence-electron chi connectivity index (χ2n) is 3.84. The van der Waals surface area contributed by atoms with Crippen molar-refractivity contribution in [3.8, 4) is 5.75 Å². The molecule has 1 N–H and O–H groups in total. The summed E-state index contributed by atoms with van der Waals surface area (Å²) in [4.78, 5) is 11.0. The van der Waals surface area contributed by atoms with Gasteiger partial charge in [-0.05, 0) is 35.0 Å². The smallest absolute Gasteiger partial charge is 0.343 e. The van der Waals surface area contributed by atoms with Crippen molar-refractivity contribution in [1.82, 2.24) is 0 Å². The molecule has 2 aromatic rings. The lowest BCUT2D eigenvalue weighted by Crippen LogP contribution is -2.12. The van der Waals surface area contributed by atoms with Gasteiger partial charge in [-0.2, -0.15) is 0 Å². The van der Waals surface area contributed by atoms with E-state index in [1.165, 1.54) is 7.11 Å². The van der Waals surface area contributed by atoms with E-state index in [1.807, 2.05) is 37.4 Å². The number of ether oxygens (including phenoxy) is 2. The van der Waals surface area contributed by atoms with E-state index in [2.05, 4.69) is 16.1 Å². The van der Waals surface area contributed by atoms with Gasteiger partial charge >= 0.3 is 5.97 Å². The predicted molar refractivity (Wildman–Crippen MR) is 71.0 cm³/mol. The van der Waals surface area contributed by atoms with E-state index in [9.17, 15) is 4.79 Å². The molecule has 0 atom stereocenters. The third-order valence-electron chi connectivity index (χ3n) is 2.68. The zero-order valence-electron chi connectivity index (χ0n) is 10.4. The van der Waals surface area contributed by atoms with Crippen LogP contribution in [0, 0.1) is 0 Å². The average Bonchev–Trinajstić information content (AvgIpc) is 2.43. The molecule has 0 heterocycles. The summed E-state index contributed by atoms with van der Waals surface area (Å²) in [6.07, 6.45) is 0. The number of hydrogen-bond donors (Lipinski definition) is 1. The van der Waals surface area contributed by atoms with Crippen LogP contribution in [0.3, 0.4) is 0 Å². The van der Waals surface area contributed by atoms with Crippen molar-refractivity contribution in [3.63, 3.8) is 0 Å². The Bertz CT molecular complexity index is 566. The van der Waals surface area contributed by atoms with Gasteiger partial charge in [-0.25, -0.2) is 4.79 Å². The minimum Gasteiger partial charge on any atom is -0.482 e. The van der Waals surface area contributed by atoms with Crippen LogP contribution in [0.1, 0.15) is 0 Å². The monoisotopic (exact) mass is 245 g/mol. The Balaban J connectivity index is 2.20. The fraction of sp³-hybridized carbons (Fsp3) is 0.214. The van der Waals surface area contributed by atoms with Gasteiger partial charge in [0.2, 0.25) is 0 Å². The molecule has 0 bridgehead atoms. The minimum absolute atomic E-state index is 0.0728. The third-order valence-corrected chi connectivity index (χ3v) is 2.68. The van der Waals surface area contributed by atoms with E-state index >= 15 is 0 Å². The Hall–Kier alpha value is -2.23. The normalized spacial score (nSPS) is 10.1. The number of benzene rings is 2. The van der Waals surface area contributed by atoms with Crippen LogP contribution >= 0.6 is 0 Å². The number of fused-ring (bicyclic) bond motifs is 1. The van der Waals surface area contributed by atoms with Gasteiger partial charge < -0.3 is 14.8 Å². The molecule has 0 aliphatic heterocycles. The van der Waals surface area contributed by atoms with Crippen LogP contribution < -0.4 is 10.1 Å². The summed E-state index contributed by atoms with van der Waals surface area (Å²) in [6, 6.07) is 11.8. The summed E-state index contributed by atoms with van der Waals surface area (Å²) in [6.45, 7) is -0.0728. The number of rotatable bonds is 4. The molecule has 0 fully saturated rings. The predicted octanol–water partition coefficient (Wildman–Crippen LogP) is 2.43. The van der Waals surface area contributed by atoms with Crippen molar-refractivity contribution in [2.24, 2.45) is 0 Å². The number of carbonyl (C=O) groups is 1. The molecule has 2 aromatic carbocycles. The van der Waals surface area contributed by atoms with E-state index in [4.69, 9.17) is 4.74 Å². The van der Waals surface area contributed by atoms with Crippen LogP contribution in [0.4, 0.5) is 5.69 Å². The van der Waals surface area contributed by atoms with E-state index in [0.29, 0.717) is 5.75 Å². The highest BCUT2D eigenvalue weighted by molar-refractivity contribution is 5.87. The average molecular weight is 245 g/mol. The van der Waals surface area contributed by atoms with Crippen LogP contribution in [0.25, 0.3) is 10.8 Å². The van der Waals surface area contributed by atoms with Crippen LogP contribution in [-0.2, 0) is 9.53 Å². The quantitative estimate of drug-likeness (QED) is 0.840. The Labute approximate surface area is 106 Å². The topological polar surface area (TPSA) is 47.6 Å². The molecule has 18 heavy (non-hydrogen) atoms. The molecule has 0 aromatic heterocycles. The van der Waals surface area contributed by atoms with Crippen molar-refractivity contribution in [3.05, 3.63) is 36.4 Å². The van der Waals surface area contributed by atoms with Crippen LogP contribution in [0.5, 0.6) is 5.75 Å². The van der Waals surface area contributed by atoms with Gasteiger partial charge in [0, 0.05) is 12.7 Å². The lowest BCUT2D eigenvalue weighted by Gasteiger charge is -2.07. The molecule has 0 saturated carbocycles. The maximum Gasteiger partial charge on any atom is 0.343 e. The summed E-state index contributed by atoms with van der Waals surface area (Å²) >= 11 is 0. The molecule has 0 spiro atoms. The van der Waals surface area contributed by atoms with Crippen molar-refractivity contribution < 1.29 is 14.3 Å². The number of esters is 1.